The second-order valence-corrected chi connectivity index (χ2v) is 5.89. The van der Waals surface area contributed by atoms with E-state index in [4.69, 9.17) is 0 Å². The van der Waals surface area contributed by atoms with E-state index in [1.807, 2.05) is 30.3 Å². The van der Waals surface area contributed by atoms with Crippen molar-refractivity contribution < 1.29 is 4.79 Å². The zero-order valence-electron chi connectivity index (χ0n) is 13.0. The highest BCUT2D eigenvalue weighted by Gasteiger charge is 2.27. The van der Waals surface area contributed by atoms with Crippen LogP contribution in [0.1, 0.15) is 28.7 Å². The summed E-state index contributed by atoms with van der Waals surface area (Å²) < 4.78 is 0. The van der Waals surface area contributed by atoms with Gasteiger partial charge in [0.15, 0.2) is 0 Å². The van der Waals surface area contributed by atoms with Crippen molar-refractivity contribution in [3.8, 4) is 0 Å². The Morgan fingerprint density at radius 3 is 2.68 bits per heavy atom. The van der Waals surface area contributed by atoms with E-state index in [9.17, 15) is 4.79 Å². The minimum Gasteiger partial charge on any atom is -0.277 e. The van der Waals surface area contributed by atoms with E-state index in [1.165, 1.54) is 16.7 Å². The van der Waals surface area contributed by atoms with Crippen LogP contribution in [0.15, 0.2) is 53.6 Å². The lowest BCUT2D eigenvalue weighted by molar-refractivity contribution is -0.119. The molecule has 1 aliphatic heterocycles. The molecule has 1 amide bonds. The second-order valence-electron chi connectivity index (χ2n) is 5.89. The average Bonchev–Trinajstić information content (AvgIpc) is 2.95. The van der Waals surface area contributed by atoms with Gasteiger partial charge in [-0.3, -0.25) is 4.79 Å². The second kappa shape index (κ2) is 6.14. The van der Waals surface area contributed by atoms with Gasteiger partial charge in [-0.2, -0.15) is 5.10 Å². The number of carbonyl (C=O) groups is 1. The Labute approximate surface area is 131 Å². The number of benzene rings is 2. The van der Waals surface area contributed by atoms with E-state index in [-0.39, 0.29) is 6.04 Å². The quantitative estimate of drug-likeness (QED) is 0.794. The summed E-state index contributed by atoms with van der Waals surface area (Å²) in [5.41, 5.74) is 5.90. The van der Waals surface area contributed by atoms with Crippen LogP contribution >= 0.6 is 0 Å². The molecule has 0 aliphatic carbocycles. The fraction of sp³-hybridized carbons (Fsp3) is 0.263. The normalized spacial score (nSPS) is 17.5. The summed E-state index contributed by atoms with van der Waals surface area (Å²) in [5.74, 6) is 0. The van der Waals surface area contributed by atoms with Gasteiger partial charge in [-0.25, -0.2) is 5.01 Å². The van der Waals surface area contributed by atoms with Crippen LogP contribution in [0.25, 0.3) is 0 Å². The Bertz CT molecular complexity index is 707. The molecular formula is C19H20N2O. The summed E-state index contributed by atoms with van der Waals surface area (Å²) in [6, 6.07) is 16.7. The van der Waals surface area contributed by atoms with Gasteiger partial charge in [0, 0.05) is 6.42 Å². The number of amides is 1. The number of carbonyl (C=O) groups excluding carboxylic acids is 1. The molecule has 0 saturated carbocycles. The van der Waals surface area contributed by atoms with Gasteiger partial charge in [0.1, 0.15) is 0 Å². The highest BCUT2D eigenvalue weighted by Crippen LogP contribution is 2.23. The van der Waals surface area contributed by atoms with Crippen molar-refractivity contribution >= 4 is 12.1 Å². The molecule has 2 aromatic rings. The molecule has 0 fully saturated rings. The van der Waals surface area contributed by atoms with Crippen LogP contribution < -0.4 is 0 Å². The number of aryl methyl sites for hydroxylation is 2. The fourth-order valence-electron chi connectivity index (χ4n) is 2.93. The monoisotopic (exact) mass is 292 g/mol. The first kappa shape index (κ1) is 14.5. The molecule has 0 aromatic heterocycles. The molecule has 112 valence electrons. The maximum absolute atomic E-state index is 11.4. The third-order valence-electron chi connectivity index (χ3n) is 4.21. The van der Waals surface area contributed by atoms with E-state index in [0.29, 0.717) is 0 Å². The lowest BCUT2D eigenvalue weighted by Crippen LogP contribution is -2.27. The predicted molar refractivity (Wildman–Crippen MR) is 88.9 cm³/mol. The van der Waals surface area contributed by atoms with Crippen LogP contribution in [-0.2, 0) is 11.2 Å². The molecule has 1 unspecified atom stereocenters. The van der Waals surface area contributed by atoms with Crippen molar-refractivity contribution in [1.82, 2.24) is 5.01 Å². The van der Waals surface area contributed by atoms with Gasteiger partial charge in [-0.1, -0.05) is 54.1 Å². The van der Waals surface area contributed by atoms with E-state index in [2.05, 4.69) is 37.1 Å². The molecule has 1 atom stereocenters. The van der Waals surface area contributed by atoms with Gasteiger partial charge in [-0.05, 0) is 37.0 Å². The summed E-state index contributed by atoms with van der Waals surface area (Å²) in [5, 5.41) is 6.06. The first-order valence-corrected chi connectivity index (χ1v) is 7.60. The average molecular weight is 292 g/mol. The minimum absolute atomic E-state index is 0.105. The minimum atomic E-state index is 0.105. The van der Waals surface area contributed by atoms with Crippen LogP contribution in [0.2, 0.25) is 0 Å². The Balaban J connectivity index is 1.81. The summed E-state index contributed by atoms with van der Waals surface area (Å²) in [6.45, 7) is 4.22. The summed E-state index contributed by atoms with van der Waals surface area (Å²) in [4.78, 5) is 11.4. The van der Waals surface area contributed by atoms with E-state index in [0.717, 1.165) is 30.5 Å². The Hall–Kier alpha value is -2.42. The van der Waals surface area contributed by atoms with Crippen LogP contribution in [0, 0.1) is 13.8 Å². The molecule has 3 rings (SSSR count). The molecule has 1 aliphatic rings. The molecule has 0 bridgehead atoms. The van der Waals surface area contributed by atoms with Crippen LogP contribution in [0.5, 0.6) is 0 Å². The number of nitrogens with zero attached hydrogens (tertiary/aromatic N) is 2. The molecular weight excluding hydrogens is 272 g/mol. The van der Waals surface area contributed by atoms with Crippen molar-refractivity contribution in [3.63, 3.8) is 0 Å². The van der Waals surface area contributed by atoms with Crippen molar-refractivity contribution in [2.24, 2.45) is 5.10 Å². The van der Waals surface area contributed by atoms with E-state index >= 15 is 0 Å². The zero-order valence-corrected chi connectivity index (χ0v) is 13.0. The highest BCUT2D eigenvalue weighted by atomic mass is 16.1. The largest absolute Gasteiger partial charge is 0.277 e. The van der Waals surface area contributed by atoms with Crippen LogP contribution in [0.3, 0.4) is 0 Å². The van der Waals surface area contributed by atoms with Gasteiger partial charge < -0.3 is 0 Å². The number of hydrogen-bond donors (Lipinski definition) is 0. The maximum Gasteiger partial charge on any atom is 0.230 e. The van der Waals surface area contributed by atoms with Gasteiger partial charge in [0.2, 0.25) is 6.41 Å². The molecule has 0 saturated heterocycles. The third-order valence-corrected chi connectivity index (χ3v) is 4.21. The smallest absolute Gasteiger partial charge is 0.230 e. The van der Waals surface area contributed by atoms with Crippen molar-refractivity contribution in [3.05, 3.63) is 70.8 Å². The van der Waals surface area contributed by atoms with Gasteiger partial charge in [0.05, 0.1) is 11.8 Å². The Morgan fingerprint density at radius 1 is 1.18 bits per heavy atom. The lowest BCUT2D eigenvalue weighted by atomic mass is 9.95. The SMILES string of the molecule is Cc1ccc(C)c(CC2CC(c3ccccc3)=NN2C=O)c1. The maximum atomic E-state index is 11.4. The van der Waals surface area contributed by atoms with Crippen LogP contribution in [0.4, 0.5) is 0 Å². The summed E-state index contributed by atoms with van der Waals surface area (Å²) >= 11 is 0. The predicted octanol–water partition coefficient (Wildman–Crippen LogP) is 3.48. The third kappa shape index (κ3) is 2.93. The summed E-state index contributed by atoms with van der Waals surface area (Å²) in [7, 11) is 0. The van der Waals surface area contributed by atoms with Gasteiger partial charge in [0.25, 0.3) is 0 Å². The first-order chi connectivity index (χ1) is 10.7. The molecule has 0 spiro atoms. The lowest BCUT2D eigenvalue weighted by Gasteiger charge is -2.18. The highest BCUT2D eigenvalue weighted by molar-refractivity contribution is 6.02. The van der Waals surface area contributed by atoms with Gasteiger partial charge >= 0.3 is 0 Å². The number of rotatable bonds is 4. The Morgan fingerprint density at radius 2 is 1.95 bits per heavy atom. The van der Waals surface area contributed by atoms with Crippen LogP contribution in [-0.4, -0.2) is 23.2 Å². The van der Waals surface area contributed by atoms with E-state index in [1.54, 1.807) is 5.01 Å². The van der Waals surface area contributed by atoms with Crippen molar-refractivity contribution in [2.75, 3.05) is 0 Å². The first-order valence-electron chi connectivity index (χ1n) is 7.60. The number of hydrogen-bond acceptors (Lipinski definition) is 2. The topological polar surface area (TPSA) is 32.7 Å². The molecule has 1 heterocycles. The van der Waals surface area contributed by atoms with E-state index < -0.39 is 0 Å². The molecule has 3 nitrogen and oxygen atoms in total. The zero-order chi connectivity index (χ0) is 15.5. The van der Waals surface area contributed by atoms with Crippen molar-refractivity contribution in [1.29, 1.82) is 0 Å². The van der Waals surface area contributed by atoms with Crippen molar-refractivity contribution in [2.45, 2.75) is 32.7 Å². The molecule has 0 N–H and O–H groups in total. The Kier molecular flexibility index (Phi) is 4.05. The molecule has 2 aromatic carbocycles. The molecule has 0 radical (unpaired) electrons. The molecule has 3 heteroatoms. The fourth-order valence-corrected chi connectivity index (χ4v) is 2.93. The standard InChI is InChI=1S/C19H20N2O/c1-14-8-9-15(2)17(10-14)11-18-12-19(20-21(18)13-22)16-6-4-3-5-7-16/h3-10,13,18H,11-12H2,1-2H3. The van der Waals surface area contributed by atoms with Gasteiger partial charge in [-0.15, -0.1) is 0 Å². The molecule has 22 heavy (non-hydrogen) atoms. The summed E-state index contributed by atoms with van der Waals surface area (Å²) in [6.07, 6.45) is 2.48. The number of hydrazone groups is 1.